The van der Waals surface area contributed by atoms with Gasteiger partial charge in [-0.2, -0.15) is 0 Å². The van der Waals surface area contributed by atoms with Gasteiger partial charge in [0.2, 0.25) is 0 Å². The fraction of sp³-hybridized carbons (Fsp3) is 0.417. The van der Waals surface area contributed by atoms with Crippen molar-refractivity contribution < 1.29 is 14.3 Å². The van der Waals surface area contributed by atoms with Crippen molar-refractivity contribution in [2.75, 3.05) is 13.7 Å². The van der Waals surface area contributed by atoms with E-state index in [1.807, 2.05) is 52.9 Å². The van der Waals surface area contributed by atoms with Crippen molar-refractivity contribution in [1.82, 2.24) is 0 Å². The van der Waals surface area contributed by atoms with Crippen molar-refractivity contribution in [3.8, 4) is 0 Å². The molecule has 1 unspecified atom stereocenters. The number of carbonyl (C=O) groups excluding carboxylic acids is 1. The number of ether oxygens (including phenoxy) is 2. The van der Waals surface area contributed by atoms with Gasteiger partial charge in [0.15, 0.2) is 0 Å². The van der Waals surface area contributed by atoms with Gasteiger partial charge < -0.3 is 9.47 Å². The summed E-state index contributed by atoms with van der Waals surface area (Å²) in [6.07, 6.45) is 0. The third-order valence-electron chi connectivity index (χ3n) is 2.10. The normalized spacial score (nSPS) is 14.2. The molecule has 1 aromatic carbocycles. The van der Waals surface area contributed by atoms with Gasteiger partial charge in [-0.25, -0.2) is 0 Å². The third-order valence-corrected chi connectivity index (χ3v) is 2.85. The molecule has 0 aromatic heterocycles. The van der Waals surface area contributed by atoms with E-state index in [9.17, 15) is 4.79 Å². The molecule has 0 saturated carbocycles. The first kappa shape index (κ1) is 13.4. The van der Waals surface area contributed by atoms with Crippen LogP contribution in [0.4, 0.5) is 0 Å². The molecule has 1 atom stereocenters. The summed E-state index contributed by atoms with van der Waals surface area (Å²) in [6, 6.07) is 9.86. The number of alkyl halides is 1. The summed E-state index contributed by atoms with van der Waals surface area (Å²) in [4.78, 5) is 11.4. The van der Waals surface area contributed by atoms with Gasteiger partial charge in [-0.15, -0.1) is 0 Å². The lowest BCUT2D eigenvalue weighted by Gasteiger charge is -2.19. The van der Waals surface area contributed by atoms with Crippen LogP contribution in [0.2, 0.25) is 0 Å². The highest BCUT2D eigenvalue weighted by atomic mass is 127. The smallest absolute Gasteiger partial charge is 0.323 e. The highest BCUT2D eigenvalue weighted by Gasteiger charge is 2.31. The molecule has 1 aromatic rings. The van der Waals surface area contributed by atoms with E-state index < -0.39 is 3.42 Å². The van der Waals surface area contributed by atoms with E-state index in [1.165, 1.54) is 7.11 Å². The first-order chi connectivity index (χ1) is 7.56. The zero-order valence-corrected chi connectivity index (χ0v) is 11.6. The molecule has 3 nitrogen and oxygen atoms in total. The predicted octanol–water partition coefficient (Wildman–Crippen LogP) is 2.57. The van der Waals surface area contributed by atoms with Crippen LogP contribution in [0.3, 0.4) is 0 Å². The Bertz CT molecular complexity index is 335. The van der Waals surface area contributed by atoms with Gasteiger partial charge in [-0.3, -0.25) is 4.79 Å². The average molecular weight is 334 g/mol. The molecule has 88 valence electrons. The number of benzene rings is 1. The molecule has 0 N–H and O–H groups in total. The molecule has 0 saturated heterocycles. The Morgan fingerprint density at radius 2 is 2.00 bits per heavy atom. The van der Waals surface area contributed by atoms with E-state index >= 15 is 0 Å². The molecule has 4 heteroatoms. The maximum absolute atomic E-state index is 11.4. The molecule has 0 amide bonds. The Balaban J connectivity index is 2.38. The van der Waals surface area contributed by atoms with Crippen molar-refractivity contribution in [2.45, 2.75) is 17.0 Å². The van der Waals surface area contributed by atoms with Gasteiger partial charge in [-0.1, -0.05) is 52.9 Å². The minimum atomic E-state index is -0.624. The van der Waals surface area contributed by atoms with Crippen LogP contribution >= 0.6 is 22.6 Å². The number of hydrogen-bond donors (Lipinski definition) is 0. The van der Waals surface area contributed by atoms with Crippen molar-refractivity contribution in [3.63, 3.8) is 0 Å². The summed E-state index contributed by atoms with van der Waals surface area (Å²) >= 11 is 2.04. The second-order valence-corrected chi connectivity index (χ2v) is 6.05. The molecule has 0 heterocycles. The van der Waals surface area contributed by atoms with Gasteiger partial charge in [0.05, 0.1) is 20.3 Å². The highest BCUT2D eigenvalue weighted by Crippen LogP contribution is 2.20. The largest absolute Gasteiger partial charge is 0.468 e. The molecule has 0 fully saturated rings. The monoisotopic (exact) mass is 334 g/mol. The average Bonchev–Trinajstić information content (AvgIpc) is 2.29. The van der Waals surface area contributed by atoms with Crippen molar-refractivity contribution in [3.05, 3.63) is 35.9 Å². The van der Waals surface area contributed by atoms with Crippen molar-refractivity contribution in [1.29, 1.82) is 0 Å². The highest BCUT2D eigenvalue weighted by molar-refractivity contribution is 14.1. The molecule has 0 aliphatic rings. The predicted molar refractivity (Wildman–Crippen MR) is 70.5 cm³/mol. The van der Waals surface area contributed by atoms with Crippen molar-refractivity contribution in [2.24, 2.45) is 0 Å². The molecular formula is C12H15IO3. The van der Waals surface area contributed by atoms with E-state index in [0.717, 1.165) is 5.56 Å². The van der Waals surface area contributed by atoms with Gasteiger partial charge in [0.1, 0.15) is 3.42 Å². The molecule has 0 spiro atoms. The lowest BCUT2D eigenvalue weighted by Crippen LogP contribution is -2.34. The summed E-state index contributed by atoms with van der Waals surface area (Å²) < 4.78 is 9.57. The number of carbonyl (C=O) groups is 1. The molecular weight excluding hydrogens is 319 g/mol. The second-order valence-electron chi connectivity index (χ2n) is 3.67. The minimum absolute atomic E-state index is 0.263. The number of rotatable bonds is 5. The zero-order valence-electron chi connectivity index (χ0n) is 9.40. The summed E-state index contributed by atoms with van der Waals surface area (Å²) in [6.45, 7) is 2.65. The topological polar surface area (TPSA) is 35.5 Å². The first-order valence-corrected chi connectivity index (χ1v) is 6.03. The van der Waals surface area contributed by atoms with Crippen LogP contribution in [0, 0.1) is 0 Å². The quantitative estimate of drug-likeness (QED) is 0.472. The Morgan fingerprint density at radius 1 is 1.38 bits per heavy atom. The summed E-state index contributed by atoms with van der Waals surface area (Å²) in [5, 5.41) is 0. The Hall–Kier alpha value is -0.620. The maximum Gasteiger partial charge on any atom is 0.323 e. The lowest BCUT2D eigenvalue weighted by molar-refractivity contribution is -0.144. The van der Waals surface area contributed by atoms with Crippen LogP contribution in [-0.2, 0) is 20.9 Å². The van der Waals surface area contributed by atoms with E-state index in [1.54, 1.807) is 6.92 Å². The van der Waals surface area contributed by atoms with E-state index in [0.29, 0.717) is 13.2 Å². The lowest BCUT2D eigenvalue weighted by atomic mass is 10.2. The van der Waals surface area contributed by atoms with Crippen LogP contribution in [0.15, 0.2) is 30.3 Å². The van der Waals surface area contributed by atoms with Crippen LogP contribution in [0.5, 0.6) is 0 Å². The molecule has 0 aliphatic heterocycles. The van der Waals surface area contributed by atoms with Crippen LogP contribution in [0.25, 0.3) is 0 Å². The minimum Gasteiger partial charge on any atom is -0.468 e. The van der Waals surface area contributed by atoms with Gasteiger partial charge >= 0.3 is 5.97 Å². The van der Waals surface area contributed by atoms with E-state index in [4.69, 9.17) is 9.47 Å². The fourth-order valence-electron chi connectivity index (χ4n) is 1.21. The number of halogens is 1. The Labute approximate surface area is 109 Å². The molecule has 0 bridgehead atoms. The van der Waals surface area contributed by atoms with Crippen LogP contribution in [0.1, 0.15) is 12.5 Å². The molecule has 16 heavy (non-hydrogen) atoms. The van der Waals surface area contributed by atoms with Gasteiger partial charge in [-0.05, 0) is 12.5 Å². The van der Waals surface area contributed by atoms with Crippen LogP contribution in [-0.4, -0.2) is 23.1 Å². The maximum atomic E-state index is 11.4. The fourth-order valence-corrected chi connectivity index (χ4v) is 1.65. The Kier molecular flexibility index (Phi) is 5.21. The number of esters is 1. The van der Waals surface area contributed by atoms with Gasteiger partial charge in [0, 0.05) is 0 Å². The molecule has 0 radical (unpaired) electrons. The van der Waals surface area contributed by atoms with Gasteiger partial charge in [0.25, 0.3) is 0 Å². The van der Waals surface area contributed by atoms with Crippen molar-refractivity contribution >= 4 is 28.6 Å². The second kappa shape index (κ2) is 6.20. The van der Waals surface area contributed by atoms with Crippen LogP contribution < -0.4 is 0 Å². The summed E-state index contributed by atoms with van der Waals surface area (Å²) in [7, 11) is 1.39. The van der Waals surface area contributed by atoms with E-state index in [2.05, 4.69) is 0 Å². The molecule has 0 aliphatic carbocycles. The molecule has 1 rings (SSSR count). The first-order valence-electron chi connectivity index (χ1n) is 4.95. The third kappa shape index (κ3) is 4.09. The standard InChI is InChI=1S/C12H15IO3/c1-12(13,11(14)15-2)9-16-8-10-6-4-3-5-7-10/h3-7H,8-9H2,1-2H3. The summed E-state index contributed by atoms with van der Waals surface area (Å²) in [5.41, 5.74) is 1.10. The SMILES string of the molecule is COC(=O)C(C)(I)COCc1ccccc1. The zero-order chi connectivity index (χ0) is 12.0. The summed E-state index contributed by atoms with van der Waals surface area (Å²) in [5.74, 6) is -0.263. The Morgan fingerprint density at radius 3 is 2.56 bits per heavy atom. The number of hydrogen-bond acceptors (Lipinski definition) is 3. The van der Waals surface area contributed by atoms with E-state index in [-0.39, 0.29) is 5.97 Å². The number of methoxy groups -OCH3 is 1.